The Balaban J connectivity index is 1.81. The van der Waals surface area contributed by atoms with Crippen molar-refractivity contribution in [2.75, 3.05) is 51.9 Å². The van der Waals surface area contributed by atoms with E-state index in [0.29, 0.717) is 18.9 Å². The maximum Gasteiger partial charge on any atom is 0.256 e. The number of nitrogens with zero attached hydrogens (tertiary/aromatic N) is 1. The zero-order valence-electron chi connectivity index (χ0n) is 16.4. The van der Waals surface area contributed by atoms with Crippen LogP contribution in [0.1, 0.15) is 27.2 Å². The number of benzene rings is 1. The van der Waals surface area contributed by atoms with E-state index >= 15 is 0 Å². The summed E-state index contributed by atoms with van der Waals surface area (Å²) in [5, 5.41) is 2.93. The van der Waals surface area contributed by atoms with Gasteiger partial charge in [0.05, 0.1) is 13.2 Å². The molecule has 0 bridgehead atoms. The predicted octanol–water partition coefficient (Wildman–Crippen LogP) is 2.79. The molecule has 0 aliphatic carbocycles. The van der Waals surface area contributed by atoms with E-state index in [4.69, 9.17) is 14.2 Å². The largest absolute Gasteiger partial charge is 0.492 e. The molecule has 1 aliphatic rings. The highest BCUT2D eigenvalue weighted by atomic mass is 16.5. The maximum absolute atomic E-state index is 12.5. The van der Waals surface area contributed by atoms with Gasteiger partial charge in [-0.2, -0.15) is 0 Å². The second-order valence-corrected chi connectivity index (χ2v) is 7.31. The van der Waals surface area contributed by atoms with Gasteiger partial charge in [0.1, 0.15) is 18.0 Å². The molecule has 1 N–H and O–H groups in total. The van der Waals surface area contributed by atoms with Crippen LogP contribution < -0.4 is 10.1 Å². The number of nitrogens with one attached hydrogen (secondary N) is 1. The van der Waals surface area contributed by atoms with Crippen molar-refractivity contribution in [2.45, 2.75) is 32.8 Å². The van der Waals surface area contributed by atoms with Gasteiger partial charge in [-0.15, -0.1) is 0 Å². The lowest BCUT2D eigenvalue weighted by molar-refractivity contribution is -0.137. The molecule has 146 valence electrons. The van der Waals surface area contributed by atoms with Gasteiger partial charge in [0.2, 0.25) is 0 Å². The Kier molecular flexibility index (Phi) is 7.87. The normalized spacial score (nSPS) is 17.7. The molecule has 26 heavy (non-hydrogen) atoms. The fraction of sp³-hybridized carbons (Fsp3) is 0.650. The Bertz CT molecular complexity index is 555. The highest BCUT2D eigenvalue weighted by Crippen LogP contribution is 2.23. The number of amides is 1. The number of methoxy groups -OCH3 is 1. The first kappa shape index (κ1) is 20.7. The minimum absolute atomic E-state index is 0.130. The third kappa shape index (κ3) is 6.27. The van der Waals surface area contributed by atoms with Crippen LogP contribution in [0.25, 0.3) is 0 Å². The van der Waals surface area contributed by atoms with Crippen LogP contribution in [0.5, 0.6) is 5.75 Å². The summed E-state index contributed by atoms with van der Waals surface area (Å²) < 4.78 is 16.6. The van der Waals surface area contributed by atoms with Crippen LogP contribution in [0, 0.1) is 5.92 Å². The average molecular weight is 364 g/mol. The van der Waals surface area contributed by atoms with E-state index < -0.39 is 5.60 Å². The van der Waals surface area contributed by atoms with E-state index in [0.717, 1.165) is 44.3 Å². The second-order valence-electron chi connectivity index (χ2n) is 7.31. The van der Waals surface area contributed by atoms with Gasteiger partial charge in [-0.3, -0.25) is 9.69 Å². The first-order valence-electron chi connectivity index (χ1n) is 9.32. The fourth-order valence-corrected chi connectivity index (χ4v) is 3.06. The van der Waals surface area contributed by atoms with Gasteiger partial charge in [0, 0.05) is 32.4 Å². The second kappa shape index (κ2) is 9.90. The van der Waals surface area contributed by atoms with Gasteiger partial charge in [-0.05, 0) is 43.5 Å². The molecule has 0 saturated carbocycles. The van der Waals surface area contributed by atoms with Gasteiger partial charge in [-0.25, -0.2) is 0 Å². The van der Waals surface area contributed by atoms with Gasteiger partial charge < -0.3 is 19.5 Å². The molecule has 6 heteroatoms. The van der Waals surface area contributed by atoms with Gasteiger partial charge >= 0.3 is 0 Å². The van der Waals surface area contributed by atoms with E-state index in [-0.39, 0.29) is 5.91 Å². The number of morpholine rings is 1. The van der Waals surface area contributed by atoms with Crippen molar-refractivity contribution in [3.8, 4) is 5.75 Å². The summed E-state index contributed by atoms with van der Waals surface area (Å²) in [4.78, 5) is 14.9. The Hall–Kier alpha value is -1.63. The van der Waals surface area contributed by atoms with Gasteiger partial charge in [0.25, 0.3) is 5.91 Å². The molecule has 1 heterocycles. The first-order chi connectivity index (χ1) is 12.4. The van der Waals surface area contributed by atoms with Crippen LogP contribution in [0.2, 0.25) is 0 Å². The summed E-state index contributed by atoms with van der Waals surface area (Å²) in [6.45, 7) is 11.0. The van der Waals surface area contributed by atoms with E-state index in [1.165, 1.54) is 0 Å². The summed E-state index contributed by atoms with van der Waals surface area (Å²) in [5.74, 6) is 1.04. The van der Waals surface area contributed by atoms with Gasteiger partial charge in [-0.1, -0.05) is 13.8 Å². The minimum Gasteiger partial charge on any atom is -0.492 e. The molecule has 6 nitrogen and oxygen atoms in total. The lowest BCUT2D eigenvalue weighted by atomic mass is 9.93. The zero-order chi connectivity index (χ0) is 19.0. The highest BCUT2D eigenvalue weighted by molar-refractivity contribution is 5.97. The van der Waals surface area contributed by atoms with Crippen molar-refractivity contribution in [2.24, 2.45) is 5.92 Å². The molecule has 0 spiro atoms. The summed E-state index contributed by atoms with van der Waals surface area (Å²) in [6.07, 6.45) is 0.665. The molecule has 0 radical (unpaired) electrons. The Labute approximate surface area is 156 Å². The minimum atomic E-state index is -0.832. The standard InChI is InChI=1S/C20H32N2O4/c1-16(2)15-20(3,24-4)19(23)21-17-5-7-18(8-6-17)26-14-11-22-9-12-25-13-10-22/h5-8,16H,9-15H2,1-4H3,(H,21,23)/t20-/m0/s1. The molecular formula is C20H32N2O4. The summed E-state index contributed by atoms with van der Waals surface area (Å²) in [6, 6.07) is 7.46. The van der Waals surface area contributed by atoms with E-state index in [9.17, 15) is 4.79 Å². The maximum atomic E-state index is 12.5. The van der Waals surface area contributed by atoms with Crippen LogP contribution in [0.15, 0.2) is 24.3 Å². The molecule has 1 amide bonds. The van der Waals surface area contributed by atoms with Crippen LogP contribution >= 0.6 is 0 Å². The van der Waals surface area contributed by atoms with Crippen LogP contribution in [0.3, 0.4) is 0 Å². The van der Waals surface area contributed by atoms with Crippen LogP contribution in [-0.4, -0.2) is 63.0 Å². The van der Waals surface area contributed by atoms with Gasteiger partial charge in [0.15, 0.2) is 0 Å². The number of carbonyl (C=O) groups is 1. The summed E-state index contributed by atoms with van der Waals surface area (Å²) >= 11 is 0. The molecular weight excluding hydrogens is 332 g/mol. The highest BCUT2D eigenvalue weighted by Gasteiger charge is 2.33. The number of anilines is 1. The quantitative estimate of drug-likeness (QED) is 0.730. The van der Waals surface area contributed by atoms with Crippen molar-refractivity contribution in [3.05, 3.63) is 24.3 Å². The summed E-state index contributed by atoms with van der Waals surface area (Å²) in [7, 11) is 1.58. The lowest BCUT2D eigenvalue weighted by Gasteiger charge is -2.28. The third-order valence-corrected chi connectivity index (χ3v) is 4.62. The third-order valence-electron chi connectivity index (χ3n) is 4.62. The number of rotatable bonds is 9. The number of hydrogen-bond acceptors (Lipinski definition) is 5. The number of hydrogen-bond donors (Lipinski definition) is 1. The van der Waals surface area contributed by atoms with Crippen LogP contribution in [0.4, 0.5) is 5.69 Å². The first-order valence-corrected chi connectivity index (χ1v) is 9.32. The van der Waals surface area contributed by atoms with Crippen molar-refractivity contribution in [1.82, 2.24) is 4.90 Å². The Morgan fingerprint density at radius 3 is 2.50 bits per heavy atom. The molecule has 1 fully saturated rings. The molecule has 1 saturated heterocycles. The Morgan fingerprint density at radius 1 is 1.27 bits per heavy atom. The SMILES string of the molecule is CO[C@@](C)(CC(C)C)C(=O)Nc1ccc(OCCN2CCOCC2)cc1. The average Bonchev–Trinajstić information content (AvgIpc) is 2.63. The number of carbonyl (C=O) groups excluding carboxylic acids is 1. The summed E-state index contributed by atoms with van der Waals surface area (Å²) in [5.41, 5.74) is -0.0934. The van der Waals surface area contributed by atoms with E-state index in [1.54, 1.807) is 7.11 Å². The number of ether oxygens (including phenoxy) is 3. The van der Waals surface area contributed by atoms with Crippen LogP contribution in [-0.2, 0) is 14.3 Å². The lowest BCUT2D eigenvalue weighted by Crippen LogP contribution is -2.43. The van der Waals surface area contributed by atoms with Crippen molar-refractivity contribution < 1.29 is 19.0 Å². The molecule has 1 aromatic carbocycles. The van der Waals surface area contributed by atoms with Crippen molar-refractivity contribution >= 4 is 11.6 Å². The molecule has 0 unspecified atom stereocenters. The zero-order valence-corrected chi connectivity index (χ0v) is 16.4. The topological polar surface area (TPSA) is 60.0 Å². The van der Waals surface area contributed by atoms with Crippen molar-refractivity contribution in [1.29, 1.82) is 0 Å². The van der Waals surface area contributed by atoms with E-state index in [2.05, 4.69) is 24.1 Å². The fourth-order valence-electron chi connectivity index (χ4n) is 3.06. The molecule has 1 aromatic rings. The monoisotopic (exact) mass is 364 g/mol. The Morgan fingerprint density at radius 2 is 1.92 bits per heavy atom. The predicted molar refractivity (Wildman–Crippen MR) is 103 cm³/mol. The molecule has 0 aromatic heterocycles. The van der Waals surface area contributed by atoms with Crippen molar-refractivity contribution in [3.63, 3.8) is 0 Å². The molecule has 2 rings (SSSR count). The van der Waals surface area contributed by atoms with E-state index in [1.807, 2.05) is 31.2 Å². The molecule has 1 aliphatic heterocycles. The smallest absolute Gasteiger partial charge is 0.256 e. The molecule has 1 atom stereocenters.